The maximum Gasteiger partial charge on any atom is 0.333 e. The Morgan fingerprint density at radius 2 is 1.75 bits per heavy atom. The summed E-state index contributed by atoms with van der Waals surface area (Å²) in [6.45, 7) is -0.649. The van der Waals surface area contributed by atoms with E-state index in [2.05, 4.69) is 0 Å². The van der Waals surface area contributed by atoms with Gasteiger partial charge in [-0.05, 0) is 12.1 Å². The monoisotopic (exact) mass is 338 g/mol. The van der Waals surface area contributed by atoms with Crippen molar-refractivity contribution in [1.29, 1.82) is 0 Å². The summed E-state index contributed by atoms with van der Waals surface area (Å²) in [4.78, 5) is 25.2. The predicted molar refractivity (Wildman–Crippen MR) is 82.5 cm³/mol. The number of hydrogen-bond donors (Lipinski definition) is 4. The normalized spacial score (nSPS) is 30.6. The molecule has 0 amide bonds. The van der Waals surface area contributed by atoms with Crippen LogP contribution in [-0.4, -0.2) is 60.6 Å². The fourth-order valence-corrected chi connectivity index (χ4v) is 2.95. The Labute approximate surface area is 135 Å². The van der Waals surface area contributed by atoms with Crippen molar-refractivity contribution in [3.05, 3.63) is 45.1 Å². The van der Waals surface area contributed by atoms with E-state index in [0.717, 1.165) is 0 Å². The second-order valence-electron chi connectivity index (χ2n) is 5.75. The van der Waals surface area contributed by atoms with Gasteiger partial charge in [-0.1, -0.05) is 12.1 Å². The van der Waals surface area contributed by atoms with Gasteiger partial charge < -0.3 is 25.2 Å². The van der Waals surface area contributed by atoms with Gasteiger partial charge in [-0.25, -0.2) is 9.36 Å². The summed E-state index contributed by atoms with van der Waals surface area (Å²) in [6.07, 6.45) is -7.70. The van der Waals surface area contributed by atoms with Crippen molar-refractivity contribution in [3.63, 3.8) is 0 Å². The Bertz CT molecular complexity index is 872. The van der Waals surface area contributed by atoms with Gasteiger partial charge in [0.15, 0.2) is 6.23 Å². The number of rotatable bonds is 2. The predicted octanol–water partition coefficient (Wildman–Crippen LogP) is -2.33. The number of benzene rings is 1. The molecule has 0 bridgehead atoms. The topological polar surface area (TPSA) is 134 Å². The summed E-state index contributed by atoms with van der Waals surface area (Å²) in [7, 11) is 1.46. The van der Waals surface area contributed by atoms with Gasteiger partial charge in [0.25, 0.3) is 5.56 Å². The van der Waals surface area contributed by atoms with E-state index in [-0.39, 0.29) is 5.39 Å². The smallest absolute Gasteiger partial charge is 0.333 e. The number of aliphatic hydroxyl groups is 4. The molecule has 1 aliphatic heterocycles. The molecule has 2 aromatic rings. The highest BCUT2D eigenvalue weighted by Crippen LogP contribution is 2.26. The van der Waals surface area contributed by atoms with E-state index >= 15 is 0 Å². The minimum atomic E-state index is -1.71. The van der Waals surface area contributed by atoms with Gasteiger partial charge in [-0.15, -0.1) is 0 Å². The van der Waals surface area contributed by atoms with Crippen LogP contribution in [0.25, 0.3) is 10.9 Å². The molecule has 2 heterocycles. The number of nitrogens with zero attached hydrogens (tertiary/aromatic N) is 2. The highest BCUT2D eigenvalue weighted by molar-refractivity contribution is 5.77. The zero-order valence-electron chi connectivity index (χ0n) is 12.8. The molecule has 1 fully saturated rings. The SMILES string of the molecule is Cn1c(=O)n([C@@H]2O[C@H](CO)[C@@H](O)[C@H](O)[C@H]2O)c(=O)c2ccccc21. The summed E-state index contributed by atoms with van der Waals surface area (Å²) in [6, 6.07) is 6.44. The van der Waals surface area contributed by atoms with Crippen LogP contribution in [0.1, 0.15) is 6.23 Å². The lowest BCUT2D eigenvalue weighted by atomic mass is 9.98. The van der Waals surface area contributed by atoms with Crippen molar-refractivity contribution in [1.82, 2.24) is 9.13 Å². The maximum atomic E-state index is 12.7. The Morgan fingerprint density at radius 1 is 1.08 bits per heavy atom. The molecule has 9 nitrogen and oxygen atoms in total. The fraction of sp³-hybridized carbons (Fsp3) is 0.467. The van der Waals surface area contributed by atoms with Crippen LogP contribution in [0.3, 0.4) is 0 Å². The van der Waals surface area contributed by atoms with E-state index in [1.807, 2.05) is 0 Å². The summed E-state index contributed by atoms with van der Waals surface area (Å²) >= 11 is 0. The third kappa shape index (κ3) is 2.38. The summed E-state index contributed by atoms with van der Waals surface area (Å²) in [5.41, 5.74) is -1.03. The Balaban J connectivity index is 2.22. The molecular formula is C15H18N2O7. The van der Waals surface area contributed by atoms with Gasteiger partial charge in [0.1, 0.15) is 24.4 Å². The number of ether oxygens (including phenoxy) is 1. The second kappa shape index (κ2) is 6.11. The third-order valence-corrected chi connectivity index (χ3v) is 4.33. The molecule has 5 atom stereocenters. The van der Waals surface area contributed by atoms with E-state index < -0.39 is 48.5 Å². The van der Waals surface area contributed by atoms with Gasteiger partial charge in [0.2, 0.25) is 0 Å². The average Bonchev–Trinajstić information content (AvgIpc) is 2.59. The second-order valence-corrected chi connectivity index (χ2v) is 5.75. The summed E-state index contributed by atoms with van der Waals surface area (Å²) in [5.74, 6) is 0. The summed E-state index contributed by atoms with van der Waals surface area (Å²) < 4.78 is 7.23. The first kappa shape index (κ1) is 16.8. The standard InChI is InChI=1S/C15H18N2O7/c1-16-8-5-3-2-4-7(8)13(22)17(15(16)23)14-12(21)11(20)10(19)9(6-18)24-14/h2-5,9-12,14,18-21H,6H2,1H3/t9-,10-,11+,12-,14-/m1/s1. The molecule has 0 aliphatic carbocycles. The van der Waals surface area contributed by atoms with Crippen LogP contribution >= 0.6 is 0 Å². The van der Waals surface area contributed by atoms with Crippen molar-refractivity contribution in [2.75, 3.05) is 6.61 Å². The molecule has 4 N–H and O–H groups in total. The van der Waals surface area contributed by atoms with E-state index in [1.54, 1.807) is 18.2 Å². The number of aliphatic hydroxyl groups excluding tert-OH is 4. The zero-order valence-corrected chi connectivity index (χ0v) is 12.8. The molecule has 3 rings (SSSR count). The molecule has 0 unspecified atom stereocenters. The fourth-order valence-electron chi connectivity index (χ4n) is 2.95. The first-order valence-electron chi connectivity index (χ1n) is 7.39. The molecule has 0 radical (unpaired) electrons. The molecule has 1 saturated heterocycles. The number of hydrogen-bond acceptors (Lipinski definition) is 7. The highest BCUT2D eigenvalue weighted by atomic mass is 16.6. The molecule has 130 valence electrons. The van der Waals surface area contributed by atoms with Crippen LogP contribution in [-0.2, 0) is 11.8 Å². The molecule has 1 aromatic heterocycles. The minimum absolute atomic E-state index is 0.233. The first-order chi connectivity index (χ1) is 11.4. The van der Waals surface area contributed by atoms with Crippen molar-refractivity contribution >= 4 is 10.9 Å². The lowest BCUT2D eigenvalue weighted by molar-refractivity contribution is -0.252. The molecule has 0 saturated carbocycles. The van der Waals surface area contributed by atoms with Crippen molar-refractivity contribution < 1.29 is 25.2 Å². The Hall–Kier alpha value is -2.04. The van der Waals surface area contributed by atoms with Gasteiger partial charge in [-0.2, -0.15) is 0 Å². The largest absolute Gasteiger partial charge is 0.394 e. The zero-order chi connectivity index (χ0) is 17.6. The van der Waals surface area contributed by atoms with Crippen LogP contribution < -0.4 is 11.2 Å². The van der Waals surface area contributed by atoms with Gasteiger partial charge in [-0.3, -0.25) is 9.36 Å². The number of fused-ring (bicyclic) bond motifs is 1. The van der Waals surface area contributed by atoms with Crippen molar-refractivity contribution in [2.45, 2.75) is 30.6 Å². The van der Waals surface area contributed by atoms with Crippen molar-refractivity contribution in [2.24, 2.45) is 7.05 Å². The van der Waals surface area contributed by atoms with Crippen LogP contribution in [0.2, 0.25) is 0 Å². The van der Waals surface area contributed by atoms with E-state index in [4.69, 9.17) is 4.74 Å². The highest BCUT2D eigenvalue weighted by Gasteiger charge is 2.45. The minimum Gasteiger partial charge on any atom is -0.394 e. The molecule has 9 heteroatoms. The summed E-state index contributed by atoms with van der Waals surface area (Å²) in [5, 5.41) is 39.3. The van der Waals surface area contributed by atoms with Gasteiger partial charge in [0.05, 0.1) is 17.5 Å². The third-order valence-electron chi connectivity index (χ3n) is 4.33. The Kier molecular flexibility index (Phi) is 4.28. The van der Waals surface area contributed by atoms with Crippen LogP contribution in [0, 0.1) is 0 Å². The number of aryl methyl sites for hydroxylation is 1. The molecule has 1 aromatic carbocycles. The van der Waals surface area contributed by atoms with E-state index in [0.29, 0.717) is 10.1 Å². The number of aromatic nitrogens is 2. The average molecular weight is 338 g/mol. The van der Waals surface area contributed by atoms with Gasteiger partial charge in [0, 0.05) is 7.05 Å². The first-order valence-corrected chi connectivity index (χ1v) is 7.39. The molecule has 24 heavy (non-hydrogen) atoms. The van der Waals surface area contributed by atoms with Crippen molar-refractivity contribution in [3.8, 4) is 0 Å². The maximum absolute atomic E-state index is 12.7. The molecule has 1 aliphatic rings. The van der Waals surface area contributed by atoms with Crippen LogP contribution in [0.4, 0.5) is 0 Å². The van der Waals surface area contributed by atoms with E-state index in [9.17, 15) is 30.0 Å². The van der Waals surface area contributed by atoms with Crippen LogP contribution in [0.5, 0.6) is 0 Å². The molecule has 0 spiro atoms. The van der Waals surface area contributed by atoms with Gasteiger partial charge >= 0.3 is 5.69 Å². The lowest BCUT2D eigenvalue weighted by Gasteiger charge is -2.40. The quantitative estimate of drug-likeness (QED) is 0.482. The van der Waals surface area contributed by atoms with Crippen LogP contribution in [0.15, 0.2) is 33.9 Å². The number of para-hydroxylation sites is 1. The Morgan fingerprint density at radius 3 is 2.42 bits per heavy atom. The lowest BCUT2D eigenvalue weighted by Crippen LogP contribution is -2.59. The molecular weight excluding hydrogens is 320 g/mol. The van der Waals surface area contributed by atoms with E-state index in [1.165, 1.54) is 17.7 Å².